The van der Waals surface area contributed by atoms with Gasteiger partial charge in [0.1, 0.15) is 0 Å². The lowest BCUT2D eigenvalue weighted by atomic mass is 10.1. The van der Waals surface area contributed by atoms with Crippen LogP contribution in [-0.2, 0) is 4.79 Å². The summed E-state index contributed by atoms with van der Waals surface area (Å²) in [5.41, 5.74) is 1.88. The van der Waals surface area contributed by atoms with E-state index in [9.17, 15) is 4.79 Å². The smallest absolute Gasteiger partial charge is 0.221 e. The maximum Gasteiger partial charge on any atom is 0.221 e. The summed E-state index contributed by atoms with van der Waals surface area (Å²) in [7, 11) is 0. The minimum atomic E-state index is -0.0781. The lowest BCUT2D eigenvalue weighted by molar-refractivity contribution is -0.114. The van der Waals surface area contributed by atoms with Crippen molar-refractivity contribution in [1.29, 1.82) is 5.26 Å². The largest absolute Gasteiger partial charge is 0.326 e. The molecule has 0 bridgehead atoms. The van der Waals surface area contributed by atoms with E-state index in [1.165, 1.54) is 6.92 Å². The van der Waals surface area contributed by atoms with Gasteiger partial charge in [-0.25, -0.2) is 0 Å². The molecule has 1 rings (SSSR count). The molecule has 96 valence electrons. The zero-order valence-corrected chi connectivity index (χ0v) is 11.0. The Hall–Kier alpha value is -1.86. The highest BCUT2D eigenvalue weighted by molar-refractivity contribution is 5.88. The number of hydrogen-bond acceptors (Lipinski definition) is 3. The summed E-state index contributed by atoms with van der Waals surface area (Å²) in [6.45, 7) is 5.52. The quantitative estimate of drug-likeness (QED) is 0.838. The zero-order chi connectivity index (χ0) is 13.5. The van der Waals surface area contributed by atoms with Crippen LogP contribution in [0.15, 0.2) is 24.3 Å². The first-order valence-corrected chi connectivity index (χ1v) is 6.03. The first-order valence-electron chi connectivity index (χ1n) is 6.03. The maximum atomic E-state index is 11.0. The first-order chi connectivity index (χ1) is 8.52. The second-order valence-corrected chi connectivity index (χ2v) is 4.46. The Morgan fingerprint density at radius 2 is 2.17 bits per heavy atom. The molecule has 1 aromatic carbocycles. The third kappa shape index (κ3) is 4.56. The molecule has 2 atom stereocenters. The summed E-state index contributed by atoms with van der Waals surface area (Å²) in [6.07, 6.45) is 0.482. The predicted octanol–water partition coefficient (Wildman–Crippen LogP) is 2.60. The predicted molar refractivity (Wildman–Crippen MR) is 72.0 cm³/mol. The van der Waals surface area contributed by atoms with Gasteiger partial charge in [-0.15, -0.1) is 0 Å². The number of carbonyl (C=O) groups is 1. The molecule has 4 nitrogen and oxygen atoms in total. The Morgan fingerprint density at radius 3 is 2.78 bits per heavy atom. The van der Waals surface area contributed by atoms with Crippen LogP contribution in [0.3, 0.4) is 0 Å². The summed E-state index contributed by atoms with van der Waals surface area (Å²) in [5.74, 6) is -0.0781. The highest BCUT2D eigenvalue weighted by Gasteiger charge is 2.09. The topological polar surface area (TPSA) is 64.9 Å². The summed E-state index contributed by atoms with van der Waals surface area (Å²) in [6, 6.07) is 10.1. The van der Waals surface area contributed by atoms with Crippen molar-refractivity contribution in [1.82, 2.24) is 5.32 Å². The highest BCUT2D eigenvalue weighted by atomic mass is 16.1. The highest BCUT2D eigenvalue weighted by Crippen LogP contribution is 2.18. The number of anilines is 1. The normalized spacial score (nSPS) is 13.4. The Bertz CT molecular complexity index is 451. The fraction of sp³-hybridized carbons (Fsp3) is 0.429. The maximum absolute atomic E-state index is 11.0. The van der Waals surface area contributed by atoms with Gasteiger partial charge in [-0.1, -0.05) is 12.1 Å². The Kier molecular flexibility index (Phi) is 5.34. The molecule has 18 heavy (non-hydrogen) atoms. The summed E-state index contributed by atoms with van der Waals surface area (Å²) >= 11 is 0. The SMILES string of the molecule is CC(=O)Nc1cccc(C(C)NC(C)CC#N)c1. The van der Waals surface area contributed by atoms with Crippen molar-refractivity contribution in [2.45, 2.75) is 39.3 Å². The summed E-state index contributed by atoms with van der Waals surface area (Å²) in [4.78, 5) is 11.0. The lowest BCUT2D eigenvalue weighted by Crippen LogP contribution is -2.28. The van der Waals surface area contributed by atoms with E-state index < -0.39 is 0 Å². The third-order valence-corrected chi connectivity index (χ3v) is 2.64. The Labute approximate surface area is 108 Å². The van der Waals surface area contributed by atoms with Gasteiger partial charge >= 0.3 is 0 Å². The fourth-order valence-electron chi connectivity index (χ4n) is 1.81. The molecule has 4 heteroatoms. The van der Waals surface area contributed by atoms with Crippen LogP contribution in [0.4, 0.5) is 5.69 Å². The second-order valence-electron chi connectivity index (χ2n) is 4.46. The number of nitrogens with one attached hydrogen (secondary N) is 2. The van der Waals surface area contributed by atoms with Gasteiger partial charge < -0.3 is 10.6 Å². The molecule has 2 N–H and O–H groups in total. The van der Waals surface area contributed by atoms with E-state index in [-0.39, 0.29) is 18.0 Å². The lowest BCUT2D eigenvalue weighted by Gasteiger charge is -2.19. The molecule has 1 aromatic rings. The van der Waals surface area contributed by atoms with Crippen LogP contribution >= 0.6 is 0 Å². The number of hydrogen-bond donors (Lipinski definition) is 2. The van der Waals surface area contributed by atoms with Crippen molar-refractivity contribution in [2.75, 3.05) is 5.32 Å². The Balaban J connectivity index is 2.71. The minimum absolute atomic E-state index is 0.0781. The molecule has 0 saturated carbocycles. The standard InChI is InChI=1S/C14H19N3O/c1-10(7-8-15)16-11(2)13-5-4-6-14(9-13)17-12(3)18/h4-6,9-11,16H,7H2,1-3H3,(H,17,18). The van der Waals surface area contributed by atoms with Gasteiger partial charge in [0.2, 0.25) is 5.91 Å². The van der Waals surface area contributed by atoms with Gasteiger partial charge in [0.05, 0.1) is 12.5 Å². The minimum Gasteiger partial charge on any atom is -0.326 e. The van der Waals surface area contributed by atoms with E-state index in [1.54, 1.807) is 0 Å². The molecule has 0 heterocycles. The van der Waals surface area contributed by atoms with Gasteiger partial charge in [-0.05, 0) is 31.5 Å². The van der Waals surface area contributed by atoms with Gasteiger partial charge in [-0.3, -0.25) is 4.79 Å². The van der Waals surface area contributed by atoms with Crippen molar-refractivity contribution < 1.29 is 4.79 Å². The molecule has 0 aromatic heterocycles. The van der Waals surface area contributed by atoms with Crippen LogP contribution in [0.2, 0.25) is 0 Å². The number of nitriles is 1. The molecule has 2 unspecified atom stereocenters. The molecule has 0 aliphatic carbocycles. The molecular formula is C14H19N3O. The summed E-state index contributed by atoms with van der Waals surface area (Å²) in [5, 5.41) is 14.7. The van der Waals surface area contributed by atoms with E-state index in [2.05, 4.69) is 16.7 Å². The molecule has 0 saturated heterocycles. The molecule has 0 aliphatic rings. The molecule has 0 fully saturated rings. The molecule has 0 spiro atoms. The van der Waals surface area contributed by atoms with E-state index in [0.717, 1.165) is 11.3 Å². The van der Waals surface area contributed by atoms with Gasteiger partial charge in [0, 0.05) is 24.7 Å². The van der Waals surface area contributed by atoms with Gasteiger partial charge in [-0.2, -0.15) is 5.26 Å². The molecule has 0 aliphatic heterocycles. The van der Waals surface area contributed by atoms with Gasteiger partial charge in [0.25, 0.3) is 0 Å². The van der Waals surface area contributed by atoms with Crippen molar-refractivity contribution in [3.05, 3.63) is 29.8 Å². The van der Waals surface area contributed by atoms with Crippen LogP contribution in [0, 0.1) is 11.3 Å². The van der Waals surface area contributed by atoms with Crippen molar-refractivity contribution in [3.63, 3.8) is 0 Å². The van der Waals surface area contributed by atoms with Crippen LogP contribution in [0.1, 0.15) is 38.8 Å². The van der Waals surface area contributed by atoms with Crippen LogP contribution < -0.4 is 10.6 Å². The van der Waals surface area contributed by atoms with E-state index in [4.69, 9.17) is 5.26 Å². The van der Waals surface area contributed by atoms with Crippen LogP contribution in [0.5, 0.6) is 0 Å². The average molecular weight is 245 g/mol. The number of nitrogens with zero attached hydrogens (tertiary/aromatic N) is 1. The van der Waals surface area contributed by atoms with Crippen molar-refractivity contribution in [2.24, 2.45) is 0 Å². The number of amides is 1. The number of carbonyl (C=O) groups excluding carboxylic acids is 1. The van der Waals surface area contributed by atoms with Crippen LogP contribution in [-0.4, -0.2) is 11.9 Å². The van der Waals surface area contributed by atoms with Crippen molar-refractivity contribution in [3.8, 4) is 6.07 Å². The van der Waals surface area contributed by atoms with Crippen molar-refractivity contribution >= 4 is 11.6 Å². The first kappa shape index (κ1) is 14.2. The van der Waals surface area contributed by atoms with E-state index >= 15 is 0 Å². The fourth-order valence-corrected chi connectivity index (χ4v) is 1.81. The van der Waals surface area contributed by atoms with Gasteiger partial charge in [0.15, 0.2) is 0 Å². The molecule has 1 amide bonds. The molecule has 0 radical (unpaired) electrons. The average Bonchev–Trinajstić information content (AvgIpc) is 2.28. The van der Waals surface area contributed by atoms with Crippen LogP contribution in [0.25, 0.3) is 0 Å². The number of rotatable bonds is 5. The summed E-state index contributed by atoms with van der Waals surface area (Å²) < 4.78 is 0. The monoisotopic (exact) mass is 245 g/mol. The zero-order valence-electron chi connectivity index (χ0n) is 11.0. The van der Waals surface area contributed by atoms with E-state index in [1.807, 2.05) is 38.1 Å². The third-order valence-electron chi connectivity index (χ3n) is 2.64. The van der Waals surface area contributed by atoms with E-state index in [0.29, 0.717) is 6.42 Å². The number of benzene rings is 1. The Morgan fingerprint density at radius 1 is 1.44 bits per heavy atom. The molecular weight excluding hydrogens is 226 g/mol. The second kappa shape index (κ2) is 6.77.